The Kier molecular flexibility index (Phi) is 5.87. The van der Waals surface area contributed by atoms with Crippen LogP contribution in [0, 0.1) is 5.41 Å². The van der Waals surface area contributed by atoms with E-state index in [1.807, 2.05) is 0 Å². The van der Waals surface area contributed by atoms with Crippen LogP contribution < -0.4 is 5.32 Å². The highest BCUT2D eigenvalue weighted by Crippen LogP contribution is 2.29. The van der Waals surface area contributed by atoms with Gasteiger partial charge < -0.3 is 5.32 Å². The van der Waals surface area contributed by atoms with E-state index < -0.39 is 0 Å². The Morgan fingerprint density at radius 2 is 1.89 bits per heavy atom. The summed E-state index contributed by atoms with van der Waals surface area (Å²) in [7, 11) is 0. The summed E-state index contributed by atoms with van der Waals surface area (Å²) in [5.41, 5.74) is 2.14. The zero-order chi connectivity index (χ0) is 13.6. The summed E-state index contributed by atoms with van der Waals surface area (Å²) in [6.45, 7) is 12.6. The van der Waals surface area contributed by atoms with Crippen molar-refractivity contribution >= 4 is 11.3 Å². The van der Waals surface area contributed by atoms with Crippen LogP contribution in [0.25, 0.3) is 0 Å². The number of aryl methyl sites for hydroxylation is 1. The molecule has 2 heteroatoms. The summed E-state index contributed by atoms with van der Waals surface area (Å²) < 4.78 is 0. The number of rotatable bonds is 7. The summed E-state index contributed by atoms with van der Waals surface area (Å²) in [4.78, 5) is 0. The van der Waals surface area contributed by atoms with Crippen molar-refractivity contribution in [2.24, 2.45) is 5.41 Å². The van der Waals surface area contributed by atoms with Gasteiger partial charge in [0.25, 0.3) is 0 Å². The lowest BCUT2D eigenvalue weighted by atomic mass is 9.80. The van der Waals surface area contributed by atoms with E-state index in [9.17, 15) is 0 Å². The van der Waals surface area contributed by atoms with Gasteiger partial charge in [-0.15, -0.1) is 0 Å². The summed E-state index contributed by atoms with van der Waals surface area (Å²) in [6, 6.07) is 2.26. The molecule has 1 aromatic heterocycles. The van der Waals surface area contributed by atoms with Crippen LogP contribution in [0.1, 0.15) is 59.4 Å². The predicted octanol–water partition coefficient (Wildman–Crippen LogP) is 4.88. The van der Waals surface area contributed by atoms with Gasteiger partial charge in [-0.05, 0) is 67.8 Å². The van der Waals surface area contributed by atoms with E-state index in [0.717, 1.165) is 6.54 Å². The number of thiophene rings is 1. The van der Waals surface area contributed by atoms with Gasteiger partial charge in [0.2, 0.25) is 0 Å². The third-order valence-electron chi connectivity index (χ3n) is 3.50. The lowest BCUT2D eigenvalue weighted by molar-refractivity contribution is 0.229. The van der Waals surface area contributed by atoms with Crippen molar-refractivity contribution in [2.45, 2.75) is 65.8 Å². The molecule has 0 saturated heterocycles. The minimum atomic E-state index is 0.220. The molecule has 0 aliphatic rings. The maximum Gasteiger partial charge on any atom is 0.00967 e. The fraction of sp³-hybridized carbons (Fsp3) is 0.750. The Morgan fingerprint density at radius 1 is 1.17 bits per heavy atom. The average Bonchev–Trinajstić information content (AvgIpc) is 2.76. The monoisotopic (exact) mass is 267 g/mol. The molecule has 0 saturated carbocycles. The van der Waals surface area contributed by atoms with Crippen LogP contribution in [0.5, 0.6) is 0 Å². The van der Waals surface area contributed by atoms with Gasteiger partial charge in [-0.3, -0.25) is 0 Å². The number of nitrogens with one attached hydrogen (secondary N) is 1. The fourth-order valence-electron chi connectivity index (χ4n) is 2.26. The molecule has 0 fully saturated rings. The SMILES string of the molecule is CCCC(C)(CCc1ccsc1)CNC(C)(C)C. The van der Waals surface area contributed by atoms with Gasteiger partial charge in [0.15, 0.2) is 0 Å². The van der Waals surface area contributed by atoms with E-state index in [4.69, 9.17) is 0 Å². The molecule has 0 bridgehead atoms. The lowest BCUT2D eigenvalue weighted by Crippen LogP contribution is -2.43. The average molecular weight is 267 g/mol. The highest BCUT2D eigenvalue weighted by atomic mass is 32.1. The molecule has 1 nitrogen and oxygen atoms in total. The second-order valence-corrected chi connectivity index (χ2v) is 7.58. The van der Waals surface area contributed by atoms with E-state index in [1.54, 1.807) is 11.3 Å². The summed E-state index contributed by atoms with van der Waals surface area (Å²) in [5.74, 6) is 0. The Bertz CT molecular complexity index is 323. The van der Waals surface area contributed by atoms with Crippen molar-refractivity contribution in [3.63, 3.8) is 0 Å². The highest BCUT2D eigenvalue weighted by molar-refractivity contribution is 7.07. The van der Waals surface area contributed by atoms with Crippen LogP contribution in [0.2, 0.25) is 0 Å². The molecule has 0 aromatic carbocycles. The molecule has 0 radical (unpaired) electrons. The Labute approximate surface area is 117 Å². The zero-order valence-electron chi connectivity index (χ0n) is 12.7. The standard InChI is InChI=1S/C16H29NS/c1-6-9-16(5,13-17-15(2,3)4)10-7-14-8-11-18-12-14/h8,11-12,17H,6-7,9-10,13H2,1-5H3. The minimum Gasteiger partial charge on any atom is -0.312 e. The van der Waals surface area contributed by atoms with Crippen LogP contribution in [-0.4, -0.2) is 12.1 Å². The Hall–Kier alpha value is -0.340. The third-order valence-corrected chi connectivity index (χ3v) is 4.23. The Balaban J connectivity index is 2.50. The zero-order valence-corrected chi connectivity index (χ0v) is 13.5. The molecule has 0 aliphatic carbocycles. The van der Waals surface area contributed by atoms with Gasteiger partial charge >= 0.3 is 0 Å². The van der Waals surface area contributed by atoms with Crippen molar-refractivity contribution in [1.82, 2.24) is 5.32 Å². The molecule has 1 aromatic rings. The largest absolute Gasteiger partial charge is 0.312 e. The molecule has 104 valence electrons. The second kappa shape index (κ2) is 6.72. The number of hydrogen-bond donors (Lipinski definition) is 1. The maximum absolute atomic E-state index is 3.68. The first-order valence-corrected chi connectivity index (χ1v) is 8.05. The molecule has 0 amide bonds. The Morgan fingerprint density at radius 3 is 2.39 bits per heavy atom. The summed E-state index contributed by atoms with van der Waals surface area (Å²) in [6.07, 6.45) is 5.07. The molecular formula is C16H29NS. The van der Waals surface area contributed by atoms with Crippen molar-refractivity contribution in [2.75, 3.05) is 6.54 Å². The van der Waals surface area contributed by atoms with Crippen LogP contribution in [0.3, 0.4) is 0 Å². The molecule has 1 unspecified atom stereocenters. The topological polar surface area (TPSA) is 12.0 Å². The first-order valence-electron chi connectivity index (χ1n) is 7.11. The quantitative estimate of drug-likeness (QED) is 0.743. The van der Waals surface area contributed by atoms with Gasteiger partial charge in [-0.25, -0.2) is 0 Å². The molecule has 1 rings (SSSR count). The summed E-state index contributed by atoms with van der Waals surface area (Å²) in [5, 5.41) is 8.14. The van der Waals surface area contributed by atoms with Crippen LogP contribution in [0.15, 0.2) is 16.8 Å². The van der Waals surface area contributed by atoms with E-state index in [-0.39, 0.29) is 5.54 Å². The van der Waals surface area contributed by atoms with Gasteiger partial charge in [0.1, 0.15) is 0 Å². The molecule has 0 aliphatic heterocycles. The van der Waals surface area contributed by atoms with Crippen molar-refractivity contribution in [1.29, 1.82) is 0 Å². The van der Waals surface area contributed by atoms with E-state index in [2.05, 4.69) is 56.8 Å². The molecule has 1 N–H and O–H groups in total. The predicted molar refractivity (Wildman–Crippen MR) is 83.4 cm³/mol. The van der Waals surface area contributed by atoms with Gasteiger partial charge in [-0.2, -0.15) is 11.3 Å². The number of hydrogen-bond acceptors (Lipinski definition) is 2. The van der Waals surface area contributed by atoms with Crippen LogP contribution >= 0.6 is 11.3 Å². The minimum absolute atomic E-state index is 0.220. The highest BCUT2D eigenvalue weighted by Gasteiger charge is 2.25. The first-order chi connectivity index (χ1) is 8.35. The molecule has 1 atom stereocenters. The lowest BCUT2D eigenvalue weighted by Gasteiger charge is -2.33. The smallest absolute Gasteiger partial charge is 0.00967 e. The third kappa shape index (κ3) is 6.01. The first kappa shape index (κ1) is 15.7. The van der Waals surface area contributed by atoms with E-state index in [0.29, 0.717) is 5.41 Å². The van der Waals surface area contributed by atoms with Gasteiger partial charge in [0.05, 0.1) is 0 Å². The van der Waals surface area contributed by atoms with Crippen LogP contribution in [0.4, 0.5) is 0 Å². The van der Waals surface area contributed by atoms with E-state index in [1.165, 1.54) is 31.2 Å². The molecule has 18 heavy (non-hydrogen) atoms. The molecule has 1 heterocycles. The molecule has 0 spiro atoms. The summed E-state index contributed by atoms with van der Waals surface area (Å²) >= 11 is 1.81. The molecular weight excluding hydrogens is 238 g/mol. The van der Waals surface area contributed by atoms with Crippen molar-refractivity contribution in [3.8, 4) is 0 Å². The normalized spacial score (nSPS) is 15.6. The van der Waals surface area contributed by atoms with Gasteiger partial charge in [-0.1, -0.05) is 20.3 Å². The van der Waals surface area contributed by atoms with Crippen molar-refractivity contribution < 1.29 is 0 Å². The van der Waals surface area contributed by atoms with Gasteiger partial charge in [0, 0.05) is 12.1 Å². The fourth-order valence-corrected chi connectivity index (χ4v) is 2.97. The van der Waals surface area contributed by atoms with E-state index >= 15 is 0 Å². The van der Waals surface area contributed by atoms with Crippen LogP contribution in [-0.2, 0) is 6.42 Å². The maximum atomic E-state index is 3.68. The van der Waals surface area contributed by atoms with Crippen molar-refractivity contribution in [3.05, 3.63) is 22.4 Å². The second-order valence-electron chi connectivity index (χ2n) is 6.80.